The average molecular weight is 332 g/mol. The van der Waals surface area contributed by atoms with Crippen LogP contribution in [0.1, 0.15) is 5.56 Å². The minimum Gasteiger partial charge on any atom is -0.378 e. The zero-order valence-electron chi connectivity index (χ0n) is 11.7. The van der Waals surface area contributed by atoms with Crippen molar-refractivity contribution in [3.8, 4) is 0 Å². The summed E-state index contributed by atoms with van der Waals surface area (Å²) in [5.74, 6) is 0.548. The molecule has 1 aliphatic heterocycles. The van der Waals surface area contributed by atoms with Gasteiger partial charge >= 0.3 is 0 Å². The molecule has 0 radical (unpaired) electrons. The van der Waals surface area contributed by atoms with E-state index in [4.69, 9.17) is 38.4 Å². The van der Waals surface area contributed by atoms with Gasteiger partial charge in [-0.15, -0.1) is 0 Å². The second-order valence-electron chi connectivity index (χ2n) is 4.63. The molecule has 5 nitrogen and oxygen atoms in total. The number of morpholine rings is 1. The van der Waals surface area contributed by atoms with Crippen LogP contribution in [0.3, 0.4) is 0 Å². The maximum atomic E-state index is 6.06. The first kappa shape index (κ1) is 16.4. The first-order chi connectivity index (χ1) is 10.2. The van der Waals surface area contributed by atoms with E-state index in [1.807, 2.05) is 11.0 Å². The number of rotatable bonds is 5. The van der Waals surface area contributed by atoms with Gasteiger partial charge in [0.05, 0.1) is 33.0 Å². The van der Waals surface area contributed by atoms with Gasteiger partial charge in [0.2, 0.25) is 0 Å². The molecule has 0 bridgehead atoms. The van der Waals surface area contributed by atoms with Crippen LogP contribution in [0.5, 0.6) is 0 Å². The number of nitrogens with zero attached hydrogens (tertiary/aromatic N) is 2. The normalized spacial score (nSPS) is 16.3. The predicted molar refractivity (Wildman–Crippen MR) is 85.0 cm³/mol. The lowest BCUT2D eigenvalue weighted by atomic mass is 10.2. The van der Waals surface area contributed by atoms with Crippen LogP contribution >= 0.6 is 23.2 Å². The fraction of sp³-hybridized carbons (Fsp3) is 0.500. The quantitative estimate of drug-likeness (QED) is 0.510. The Morgan fingerprint density at radius 2 is 2.10 bits per heavy atom. The lowest BCUT2D eigenvalue weighted by Gasteiger charge is -2.27. The summed E-state index contributed by atoms with van der Waals surface area (Å²) >= 11 is 11.9. The van der Waals surface area contributed by atoms with E-state index in [1.54, 1.807) is 12.1 Å². The van der Waals surface area contributed by atoms with Crippen molar-refractivity contribution in [3.63, 3.8) is 0 Å². The molecule has 0 amide bonds. The number of hydrogen-bond acceptors (Lipinski definition) is 3. The Labute approximate surface area is 134 Å². The van der Waals surface area contributed by atoms with Gasteiger partial charge in [-0.05, 0) is 17.7 Å². The van der Waals surface area contributed by atoms with E-state index in [2.05, 4.69) is 4.99 Å². The van der Waals surface area contributed by atoms with Crippen LogP contribution in [0.2, 0.25) is 10.0 Å². The van der Waals surface area contributed by atoms with E-state index in [-0.39, 0.29) is 0 Å². The molecule has 1 aliphatic rings. The third-order valence-electron chi connectivity index (χ3n) is 3.12. The minimum absolute atomic E-state index is 0.434. The largest absolute Gasteiger partial charge is 0.378 e. The van der Waals surface area contributed by atoms with Crippen molar-refractivity contribution in [1.29, 1.82) is 0 Å². The molecule has 1 aromatic carbocycles. The van der Waals surface area contributed by atoms with Gasteiger partial charge in [-0.25, -0.2) is 0 Å². The molecule has 0 atom stereocenters. The molecule has 0 aliphatic carbocycles. The van der Waals surface area contributed by atoms with Crippen LogP contribution < -0.4 is 5.73 Å². The summed E-state index contributed by atoms with van der Waals surface area (Å²) in [7, 11) is 0. The highest BCUT2D eigenvalue weighted by Crippen LogP contribution is 2.21. The highest BCUT2D eigenvalue weighted by atomic mass is 35.5. The zero-order valence-corrected chi connectivity index (χ0v) is 13.2. The Balaban J connectivity index is 1.69. The summed E-state index contributed by atoms with van der Waals surface area (Å²) in [5, 5.41) is 1.23. The van der Waals surface area contributed by atoms with E-state index >= 15 is 0 Å². The molecule has 0 saturated carbocycles. The smallest absolute Gasteiger partial charge is 0.191 e. The highest BCUT2D eigenvalue weighted by molar-refractivity contribution is 6.35. The van der Waals surface area contributed by atoms with Gasteiger partial charge in [-0.3, -0.25) is 4.99 Å². The number of ether oxygens (including phenoxy) is 2. The Morgan fingerprint density at radius 3 is 2.81 bits per heavy atom. The first-order valence-electron chi connectivity index (χ1n) is 6.81. The summed E-state index contributed by atoms with van der Waals surface area (Å²) in [4.78, 5) is 6.31. The van der Waals surface area contributed by atoms with Crippen molar-refractivity contribution >= 4 is 29.2 Å². The van der Waals surface area contributed by atoms with E-state index in [0.29, 0.717) is 49.0 Å². The standard InChI is InChI=1S/C14H19Cl2N3O2/c15-12-2-1-11(13(16)9-12)10-21-6-3-18-14(17)19-4-7-20-8-5-19/h1-2,9H,3-8,10H2,(H2,17,18). The number of halogens is 2. The molecule has 1 heterocycles. The maximum absolute atomic E-state index is 6.06. The SMILES string of the molecule is NC(=NCCOCc1ccc(Cl)cc1Cl)N1CCOCC1. The van der Waals surface area contributed by atoms with Gasteiger partial charge in [0, 0.05) is 23.1 Å². The van der Waals surface area contributed by atoms with Crippen LogP contribution in [0.25, 0.3) is 0 Å². The molecule has 7 heteroatoms. The maximum Gasteiger partial charge on any atom is 0.191 e. The summed E-state index contributed by atoms with van der Waals surface area (Å²) in [5.41, 5.74) is 6.82. The highest BCUT2D eigenvalue weighted by Gasteiger charge is 2.11. The molecule has 0 spiro atoms. The molecule has 2 rings (SSSR count). The second kappa shape index (κ2) is 8.44. The number of guanidine groups is 1. The Bertz CT molecular complexity index is 491. The van der Waals surface area contributed by atoms with E-state index < -0.39 is 0 Å². The summed E-state index contributed by atoms with van der Waals surface area (Å²) in [6.07, 6.45) is 0. The number of aliphatic imine (C=N–C) groups is 1. The van der Waals surface area contributed by atoms with Crippen molar-refractivity contribution in [1.82, 2.24) is 4.90 Å². The number of nitrogens with two attached hydrogens (primary N) is 1. The van der Waals surface area contributed by atoms with Gasteiger partial charge in [0.1, 0.15) is 0 Å². The fourth-order valence-electron chi connectivity index (χ4n) is 1.94. The summed E-state index contributed by atoms with van der Waals surface area (Å²) < 4.78 is 10.8. The van der Waals surface area contributed by atoms with Crippen LogP contribution in [-0.4, -0.2) is 50.3 Å². The molecule has 1 aromatic rings. The Morgan fingerprint density at radius 1 is 1.33 bits per heavy atom. The monoisotopic (exact) mass is 331 g/mol. The lowest BCUT2D eigenvalue weighted by molar-refractivity contribution is 0.0672. The molecule has 0 aromatic heterocycles. The van der Waals surface area contributed by atoms with E-state index in [9.17, 15) is 0 Å². The zero-order chi connectivity index (χ0) is 15.1. The Kier molecular flexibility index (Phi) is 6.57. The van der Waals surface area contributed by atoms with Crippen LogP contribution in [0, 0.1) is 0 Å². The fourth-order valence-corrected chi connectivity index (χ4v) is 2.40. The number of hydrogen-bond donors (Lipinski definition) is 1. The van der Waals surface area contributed by atoms with Crippen LogP contribution in [0.4, 0.5) is 0 Å². The molecular formula is C14H19Cl2N3O2. The third kappa shape index (κ3) is 5.36. The van der Waals surface area contributed by atoms with Gasteiger partial charge in [-0.2, -0.15) is 0 Å². The Hall–Kier alpha value is -1.01. The molecule has 0 unspecified atom stereocenters. The topological polar surface area (TPSA) is 60.1 Å². The van der Waals surface area contributed by atoms with Crippen molar-refractivity contribution < 1.29 is 9.47 Å². The third-order valence-corrected chi connectivity index (χ3v) is 3.70. The van der Waals surface area contributed by atoms with Gasteiger partial charge < -0.3 is 20.1 Å². The molecule has 2 N–H and O–H groups in total. The summed E-state index contributed by atoms with van der Waals surface area (Å²) in [6.45, 7) is 4.41. The molecule has 1 fully saturated rings. The minimum atomic E-state index is 0.434. The van der Waals surface area contributed by atoms with E-state index in [0.717, 1.165) is 18.7 Å². The molecular weight excluding hydrogens is 313 g/mol. The lowest BCUT2D eigenvalue weighted by Crippen LogP contribution is -2.44. The van der Waals surface area contributed by atoms with Crippen molar-refractivity contribution in [2.75, 3.05) is 39.5 Å². The van der Waals surface area contributed by atoms with Gasteiger partial charge in [-0.1, -0.05) is 29.3 Å². The average Bonchev–Trinajstić information content (AvgIpc) is 2.49. The summed E-state index contributed by atoms with van der Waals surface area (Å²) in [6, 6.07) is 5.35. The van der Waals surface area contributed by atoms with Crippen molar-refractivity contribution in [3.05, 3.63) is 33.8 Å². The first-order valence-corrected chi connectivity index (χ1v) is 7.56. The second-order valence-corrected chi connectivity index (χ2v) is 5.47. The van der Waals surface area contributed by atoms with Crippen molar-refractivity contribution in [2.45, 2.75) is 6.61 Å². The molecule has 21 heavy (non-hydrogen) atoms. The van der Waals surface area contributed by atoms with Crippen LogP contribution in [-0.2, 0) is 16.1 Å². The van der Waals surface area contributed by atoms with Gasteiger partial charge in [0.25, 0.3) is 0 Å². The number of benzene rings is 1. The van der Waals surface area contributed by atoms with E-state index in [1.165, 1.54) is 0 Å². The predicted octanol–water partition coefficient (Wildman–Crippen LogP) is 2.16. The van der Waals surface area contributed by atoms with Crippen molar-refractivity contribution in [2.24, 2.45) is 10.7 Å². The van der Waals surface area contributed by atoms with Crippen LogP contribution in [0.15, 0.2) is 23.2 Å². The van der Waals surface area contributed by atoms with Gasteiger partial charge in [0.15, 0.2) is 5.96 Å². The molecule has 1 saturated heterocycles. The molecule has 116 valence electrons.